The highest BCUT2D eigenvalue weighted by molar-refractivity contribution is 5.85. The van der Waals surface area contributed by atoms with Crippen LogP contribution in [-0.2, 0) is 16.6 Å². The van der Waals surface area contributed by atoms with Crippen molar-refractivity contribution in [1.29, 1.82) is 0 Å². The lowest BCUT2D eigenvalue weighted by Crippen LogP contribution is -2.47. The number of nitrogens with two attached hydrogens (primary N) is 1. The van der Waals surface area contributed by atoms with Gasteiger partial charge in [-0.15, -0.1) is 0 Å². The Bertz CT molecular complexity index is 570. The Kier molecular flexibility index (Phi) is 3.07. The zero-order valence-electron chi connectivity index (χ0n) is 12.6. The Morgan fingerprint density at radius 1 is 1.29 bits per heavy atom. The summed E-state index contributed by atoms with van der Waals surface area (Å²) in [5, 5.41) is 0. The second kappa shape index (κ2) is 4.84. The van der Waals surface area contributed by atoms with E-state index in [4.69, 9.17) is 5.73 Å². The lowest BCUT2D eigenvalue weighted by molar-refractivity contribution is -0.134. The van der Waals surface area contributed by atoms with E-state index in [1.165, 1.54) is 30.4 Å². The molecule has 1 aromatic carbocycles. The molecule has 0 radical (unpaired) electrons. The first-order valence-corrected chi connectivity index (χ1v) is 8.33. The van der Waals surface area contributed by atoms with Crippen LogP contribution in [0, 0.1) is 5.92 Å². The normalized spacial score (nSPS) is 34.6. The molecule has 0 bridgehead atoms. The first-order chi connectivity index (χ1) is 10.2. The van der Waals surface area contributed by atoms with Crippen LogP contribution in [0.3, 0.4) is 0 Å². The van der Waals surface area contributed by atoms with Crippen LogP contribution >= 0.6 is 0 Å². The monoisotopic (exact) mass is 284 g/mol. The number of hydrogen-bond acceptors (Lipinski definition) is 2. The molecule has 3 nitrogen and oxygen atoms in total. The van der Waals surface area contributed by atoms with Gasteiger partial charge in [0.15, 0.2) is 0 Å². The van der Waals surface area contributed by atoms with Gasteiger partial charge in [0.1, 0.15) is 0 Å². The largest absolute Gasteiger partial charge is 0.341 e. The van der Waals surface area contributed by atoms with Crippen LogP contribution in [0.4, 0.5) is 0 Å². The molecule has 1 amide bonds. The summed E-state index contributed by atoms with van der Waals surface area (Å²) in [5.41, 5.74) is 9.12. The number of rotatable bonds is 1. The summed E-state index contributed by atoms with van der Waals surface area (Å²) >= 11 is 0. The van der Waals surface area contributed by atoms with Crippen molar-refractivity contribution < 1.29 is 4.79 Å². The Morgan fingerprint density at radius 2 is 2.14 bits per heavy atom. The highest BCUT2D eigenvalue weighted by Crippen LogP contribution is 2.60. The quantitative estimate of drug-likeness (QED) is 0.859. The van der Waals surface area contributed by atoms with E-state index >= 15 is 0 Å². The second-order valence-electron chi connectivity index (χ2n) is 7.11. The average molecular weight is 284 g/mol. The van der Waals surface area contributed by atoms with Crippen LogP contribution in [0.2, 0.25) is 0 Å². The van der Waals surface area contributed by atoms with Crippen molar-refractivity contribution in [1.82, 2.24) is 4.90 Å². The number of carbonyl (C=O) groups is 1. The summed E-state index contributed by atoms with van der Waals surface area (Å²) in [6.07, 6.45) is 6.74. The van der Waals surface area contributed by atoms with E-state index in [9.17, 15) is 4.79 Å². The number of hydrogen-bond donors (Lipinski definition) is 1. The smallest absolute Gasteiger partial charge is 0.226 e. The summed E-state index contributed by atoms with van der Waals surface area (Å²) in [4.78, 5) is 14.9. The van der Waals surface area contributed by atoms with Crippen molar-refractivity contribution in [2.45, 2.75) is 50.0 Å². The molecule has 2 aliphatic carbocycles. The lowest BCUT2D eigenvalue weighted by Gasteiger charge is -2.33. The SMILES string of the molecule is NC1CCCN(C(=O)C2CC23CCCc2ccccc23)C1. The van der Waals surface area contributed by atoms with Gasteiger partial charge in [-0.1, -0.05) is 24.3 Å². The van der Waals surface area contributed by atoms with Gasteiger partial charge in [-0.05, 0) is 49.7 Å². The van der Waals surface area contributed by atoms with Crippen molar-refractivity contribution in [3.05, 3.63) is 35.4 Å². The molecule has 3 unspecified atom stereocenters. The summed E-state index contributed by atoms with van der Waals surface area (Å²) in [7, 11) is 0. The van der Waals surface area contributed by atoms with E-state index in [1.807, 2.05) is 4.90 Å². The third kappa shape index (κ3) is 2.10. The van der Waals surface area contributed by atoms with Crippen molar-refractivity contribution >= 4 is 5.91 Å². The van der Waals surface area contributed by atoms with E-state index in [2.05, 4.69) is 24.3 Å². The van der Waals surface area contributed by atoms with Crippen LogP contribution in [0.25, 0.3) is 0 Å². The Balaban J connectivity index is 1.56. The topological polar surface area (TPSA) is 46.3 Å². The molecule has 1 heterocycles. The number of fused-ring (bicyclic) bond motifs is 2. The fourth-order valence-corrected chi connectivity index (χ4v) is 4.59. The minimum atomic E-state index is 0.160. The predicted molar refractivity (Wildman–Crippen MR) is 83.0 cm³/mol. The third-order valence-corrected chi connectivity index (χ3v) is 5.77. The van der Waals surface area contributed by atoms with Gasteiger partial charge in [0.2, 0.25) is 5.91 Å². The van der Waals surface area contributed by atoms with Gasteiger partial charge in [-0.2, -0.15) is 0 Å². The molecule has 2 fully saturated rings. The van der Waals surface area contributed by atoms with Crippen LogP contribution in [0.1, 0.15) is 43.2 Å². The Labute approximate surface area is 126 Å². The zero-order valence-corrected chi connectivity index (χ0v) is 12.6. The number of piperidine rings is 1. The maximum atomic E-state index is 12.9. The molecular weight excluding hydrogens is 260 g/mol. The lowest BCUT2D eigenvalue weighted by atomic mass is 9.78. The van der Waals surface area contributed by atoms with Crippen LogP contribution in [0.5, 0.6) is 0 Å². The standard InChI is InChI=1S/C18H24N2O/c19-14-7-4-10-20(12-14)17(21)16-11-18(16)9-3-6-13-5-1-2-8-15(13)18/h1-2,5,8,14,16H,3-4,6-7,9-12,19H2. The number of nitrogens with zero attached hydrogens (tertiary/aromatic N) is 1. The highest BCUT2D eigenvalue weighted by atomic mass is 16.2. The number of amides is 1. The minimum Gasteiger partial charge on any atom is -0.341 e. The van der Waals surface area contributed by atoms with Crippen molar-refractivity contribution in [2.24, 2.45) is 11.7 Å². The first kappa shape index (κ1) is 13.3. The molecule has 1 saturated carbocycles. The molecular formula is C18H24N2O. The Hall–Kier alpha value is -1.35. The van der Waals surface area contributed by atoms with Gasteiger partial charge in [0.25, 0.3) is 0 Å². The third-order valence-electron chi connectivity index (χ3n) is 5.77. The maximum Gasteiger partial charge on any atom is 0.226 e. The zero-order chi connectivity index (χ0) is 14.4. The molecule has 1 saturated heterocycles. The van der Waals surface area contributed by atoms with Crippen LogP contribution in [0.15, 0.2) is 24.3 Å². The number of benzene rings is 1. The summed E-state index contributed by atoms with van der Waals surface area (Å²) < 4.78 is 0. The average Bonchev–Trinajstić information content (AvgIpc) is 3.22. The fraction of sp³-hybridized carbons (Fsp3) is 0.611. The molecule has 1 aliphatic heterocycles. The van der Waals surface area contributed by atoms with E-state index in [0.717, 1.165) is 32.4 Å². The number of carbonyl (C=O) groups excluding carboxylic acids is 1. The molecule has 3 aliphatic rings. The second-order valence-corrected chi connectivity index (χ2v) is 7.11. The van der Waals surface area contributed by atoms with E-state index < -0.39 is 0 Å². The number of likely N-dealkylation sites (tertiary alicyclic amines) is 1. The predicted octanol–water partition coefficient (Wildman–Crippen LogP) is 2.23. The highest BCUT2D eigenvalue weighted by Gasteiger charge is 2.60. The maximum absolute atomic E-state index is 12.9. The number of aryl methyl sites for hydroxylation is 1. The molecule has 0 aromatic heterocycles. The molecule has 2 N–H and O–H groups in total. The Morgan fingerprint density at radius 3 is 3.00 bits per heavy atom. The summed E-state index contributed by atoms with van der Waals surface area (Å²) in [5.74, 6) is 0.575. The summed E-state index contributed by atoms with van der Waals surface area (Å²) in [6, 6.07) is 8.93. The van der Waals surface area contributed by atoms with Crippen LogP contribution in [-0.4, -0.2) is 29.9 Å². The van der Waals surface area contributed by atoms with Gasteiger partial charge in [0.05, 0.1) is 0 Å². The molecule has 21 heavy (non-hydrogen) atoms. The van der Waals surface area contributed by atoms with Crippen molar-refractivity contribution in [3.8, 4) is 0 Å². The molecule has 112 valence electrons. The fourth-order valence-electron chi connectivity index (χ4n) is 4.59. The molecule has 1 aromatic rings. The molecule has 3 heteroatoms. The van der Waals surface area contributed by atoms with Gasteiger partial charge in [0, 0.05) is 30.5 Å². The summed E-state index contributed by atoms with van der Waals surface area (Å²) in [6.45, 7) is 1.66. The van der Waals surface area contributed by atoms with Crippen molar-refractivity contribution in [3.63, 3.8) is 0 Å². The van der Waals surface area contributed by atoms with E-state index in [0.29, 0.717) is 5.91 Å². The molecule has 4 rings (SSSR count). The minimum absolute atomic E-state index is 0.160. The van der Waals surface area contributed by atoms with Gasteiger partial charge in [-0.3, -0.25) is 4.79 Å². The molecule has 3 atom stereocenters. The van der Waals surface area contributed by atoms with Crippen molar-refractivity contribution in [2.75, 3.05) is 13.1 Å². The van der Waals surface area contributed by atoms with E-state index in [1.54, 1.807) is 0 Å². The van der Waals surface area contributed by atoms with Crippen LogP contribution < -0.4 is 5.73 Å². The molecule has 1 spiro atoms. The van der Waals surface area contributed by atoms with Gasteiger partial charge < -0.3 is 10.6 Å². The van der Waals surface area contributed by atoms with E-state index in [-0.39, 0.29) is 17.4 Å². The first-order valence-electron chi connectivity index (χ1n) is 8.33. The van der Waals surface area contributed by atoms with Gasteiger partial charge in [-0.25, -0.2) is 0 Å². The van der Waals surface area contributed by atoms with Gasteiger partial charge >= 0.3 is 0 Å².